The van der Waals surface area contributed by atoms with E-state index in [-0.39, 0.29) is 5.54 Å². The van der Waals surface area contributed by atoms with Gasteiger partial charge in [-0.05, 0) is 18.9 Å². The topological polar surface area (TPSA) is 35.2 Å². The third kappa shape index (κ3) is 3.57. The summed E-state index contributed by atoms with van der Waals surface area (Å²) < 4.78 is 5.05. The van der Waals surface area contributed by atoms with Gasteiger partial charge >= 0.3 is 0 Å². The van der Waals surface area contributed by atoms with Crippen LogP contribution in [0.5, 0.6) is 0 Å². The molecule has 1 aromatic rings. The maximum Gasteiger partial charge on any atom is 0.0642 e. The van der Waals surface area contributed by atoms with E-state index in [9.17, 15) is 0 Å². The Labute approximate surface area is 79.7 Å². The van der Waals surface area contributed by atoms with Crippen LogP contribution < -0.4 is 5.73 Å². The fraction of sp³-hybridized carbons (Fsp3) is 0.455. The van der Waals surface area contributed by atoms with Crippen LogP contribution in [0.3, 0.4) is 0 Å². The van der Waals surface area contributed by atoms with Crippen LogP contribution in [0.1, 0.15) is 12.5 Å². The molecule has 0 amide bonds. The van der Waals surface area contributed by atoms with Crippen LogP contribution >= 0.6 is 0 Å². The zero-order valence-corrected chi connectivity index (χ0v) is 8.29. The summed E-state index contributed by atoms with van der Waals surface area (Å²) in [5.74, 6) is 0. The van der Waals surface area contributed by atoms with Gasteiger partial charge in [0.05, 0.1) is 6.61 Å². The Morgan fingerprint density at radius 2 is 1.92 bits per heavy atom. The molecule has 0 fully saturated rings. The van der Waals surface area contributed by atoms with E-state index in [1.807, 2.05) is 25.1 Å². The van der Waals surface area contributed by atoms with Crippen molar-refractivity contribution >= 4 is 0 Å². The highest BCUT2D eigenvalue weighted by Gasteiger charge is 2.18. The molecular formula is C11H17NO. The zero-order chi connectivity index (χ0) is 9.73. The maximum absolute atomic E-state index is 6.03. The molecule has 1 rings (SSSR count). The Bertz CT molecular complexity index is 244. The third-order valence-electron chi connectivity index (χ3n) is 1.92. The van der Waals surface area contributed by atoms with E-state index in [4.69, 9.17) is 10.5 Å². The lowest BCUT2D eigenvalue weighted by Crippen LogP contribution is -2.43. The van der Waals surface area contributed by atoms with Gasteiger partial charge < -0.3 is 10.5 Å². The largest absolute Gasteiger partial charge is 0.383 e. The molecule has 2 nitrogen and oxygen atoms in total. The number of rotatable bonds is 4. The summed E-state index contributed by atoms with van der Waals surface area (Å²) >= 11 is 0. The summed E-state index contributed by atoms with van der Waals surface area (Å²) in [4.78, 5) is 0. The van der Waals surface area contributed by atoms with Gasteiger partial charge in [0.25, 0.3) is 0 Å². The van der Waals surface area contributed by atoms with Crippen molar-refractivity contribution in [1.29, 1.82) is 0 Å². The molecule has 0 unspecified atom stereocenters. The smallest absolute Gasteiger partial charge is 0.0642 e. The van der Waals surface area contributed by atoms with Gasteiger partial charge in [0.15, 0.2) is 0 Å². The van der Waals surface area contributed by atoms with Gasteiger partial charge in [-0.15, -0.1) is 0 Å². The standard InChI is InChI=1S/C11H17NO/c1-11(12,9-13-2)8-10-6-4-3-5-7-10/h3-7H,8-9,12H2,1-2H3/t11-/m0/s1. The van der Waals surface area contributed by atoms with Gasteiger partial charge in [-0.1, -0.05) is 30.3 Å². The van der Waals surface area contributed by atoms with Gasteiger partial charge in [-0.2, -0.15) is 0 Å². The van der Waals surface area contributed by atoms with Crippen molar-refractivity contribution in [1.82, 2.24) is 0 Å². The number of benzene rings is 1. The number of hydrogen-bond acceptors (Lipinski definition) is 2. The van der Waals surface area contributed by atoms with E-state index in [1.54, 1.807) is 7.11 Å². The first-order valence-corrected chi connectivity index (χ1v) is 4.46. The quantitative estimate of drug-likeness (QED) is 0.761. The van der Waals surface area contributed by atoms with Gasteiger partial charge in [0.2, 0.25) is 0 Å². The van der Waals surface area contributed by atoms with Gasteiger partial charge in [0, 0.05) is 12.6 Å². The second-order valence-electron chi connectivity index (χ2n) is 3.75. The van der Waals surface area contributed by atoms with Gasteiger partial charge in [0.1, 0.15) is 0 Å². The lowest BCUT2D eigenvalue weighted by atomic mass is 9.95. The van der Waals surface area contributed by atoms with Crippen LogP contribution in [0.15, 0.2) is 30.3 Å². The molecule has 0 heterocycles. The predicted molar refractivity (Wildman–Crippen MR) is 54.6 cm³/mol. The van der Waals surface area contributed by atoms with E-state index < -0.39 is 0 Å². The summed E-state index contributed by atoms with van der Waals surface area (Å²) in [6.45, 7) is 2.59. The molecule has 1 aromatic carbocycles. The van der Waals surface area contributed by atoms with Crippen LogP contribution in [0, 0.1) is 0 Å². The van der Waals surface area contributed by atoms with E-state index in [2.05, 4.69) is 12.1 Å². The number of nitrogens with two attached hydrogens (primary N) is 1. The molecule has 0 aliphatic carbocycles. The SMILES string of the molecule is COC[C@@](C)(N)Cc1ccccc1. The van der Waals surface area contributed by atoms with Crippen molar-refractivity contribution in [3.8, 4) is 0 Å². The first-order valence-electron chi connectivity index (χ1n) is 4.46. The fourth-order valence-electron chi connectivity index (χ4n) is 1.44. The number of hydrogen-bond donors (Lipinski definition) is 1. The molecule has 0 spiro atoms. The summed E-state index contributed by atoms with van der Waals surface area (Å²) in [5, 5.41) is 0. The van der Waals surface area contributed by atoms with E-state index in [0.717, 1.165) is 6.42 Å². The zero-order valence-electron chi connectivity index (χ0n) is 8.29. The van der Waals surface area contributed by atoms with Crippen LogP contribution in [-0.2, 0) is 11.2 Å². The minimum atomic E-state index is -0.268. The van der Waals surface area contributed by atoms with E-state index in [1.165, 1.54) is 5.56 Å². The number of ether oxygens (including phenoxy) is 1. The van der Waals surface area contributed by atoms with Crippen LogP contribution in [-0.4, -0.2) is 19.3 Å². The lowest BCUT2D eigenvalue weighted by molar-refractivity contribution is 0.141. The third-order valence-corrected chi connectivity index (χ3v) is 1.92. The highest BCUT2D eigenvalue weighted by atomic mass is 16.5. The van der Waals surface area contributed by atoms with Crippen molar-refractivity contribution in [3.05, 3.63) is 35.9 Å². The van der Waals surface area contributed by atoms with Crippen molar-refractivity contribution in [2.45, 2.75) is 18.9 Å². The Balaban J connectivity index is 2.58. The molecule has 0 aliphatic rings. The molecule has 13 heavy (non-hydrogen) atoms. The molecule has 2 heteroatoms. The first kappa shape index (κ1) is 10.2. The molecular weight excluding hydrogens is 162 g/mol. The highest BCUT2D eigenvalue weighted by Crippen LogP contribution is 2.10. The molecule has 0 saturated heterocycles. The molecule has 0 aliphatic heterocycles. The second kappa shape index (κ2) is 4.40. The highest BCUT2D eigenvalue weighted by molar-refractivity contribution is 5.17. The average molecular weight is 179 g/mol. The normalized spacial score (nSPS) is 15.3. The van der Waals surface area contributed by atoms with Crippen LogP contribution in [0.4, 0.5) is 0 Å². The van der Waals surface area contributed by atoms with Gasteiger partial charge in [-0.25, -0.2) is 0 Å². The Hall–Kier alpha value is -0.860. The fourth-order valence-corrected chi connectivity index (χ4v) is 1.44. The van der Waals surface area contributed by atoms with Crippen molar-refractivity contribution < 1.29 is 4.74 Å². The molecule has 0 bridgehead atoms. The summed E-state index contributed by atoms with van der Waals surface area (Å²) in [6.07, 6.45) is 0.849. The lowest BCUT2D eigenvalue weighted by Gasteiger charge is -2.23. The summed E-state index contributed by atoms with van der Waals surface area (Å²) in [5.41, 5.74) is 7.02. The monoisotopic (exact) mass is 179 g/mol. The maximum atomic E-state index is 6.03. The van der Waals surface area contributed by atoms with Crippen molar-refractivity contribution in [3.63, 3.8) is 0 Å². The van der Waals surface area contributed by atoms with E-state index >= 15 is 0 Å². The molecule has 0 saturated carbocycles. The summed E-state index contributed by atoms with van der Waals surface area (Å²) in [6, 6.07) is 10.2. The minimum Gasteiger partial charge on any atom is -0.383 e. The van der Waals surface area contributed by atoms with Crippen LogP contribution in [0.2, 0.25) is 0 Å². The molecule has 0 radical (unpaired) electrons. The second-order valence-corrected chi connectivity index (χ2v) is 3.75. The van der Waals surface area contributed by atoms with Gasteiger partial charge in [-0.3, -0.25) is 0 Å². The molecule has 2 N–H and O–H groups in total. The average Bonchev–Trinajstić information content (AvgIpc) is 2.04. The Morgan fingerprint density at radius 3 is 2.46 bits per heavy atom. The predicted octanol–water partition coefficient (Wildman–Crippen LogP) is 1.59. The first-order chi connectivity index (χ1) is 6.14. The molecule has 0 aromatic heterocycles. The molecule has 1 atom stereocenters. The minimum absolute atomic E-state index is 0.268. The van der Waals surface area contributed by atoms with Crippen molar-refractivity contribution in [2.24, 2.45) is 5.73 Å². The number of methoxy groups -OCH3 is 1. The summed E-state index contributed by atoms with van der Waals surface area (Å²) in [7, 11) is 1.68. The van der Waals surface area contributed by atoms with Crippen molar-refractivity contribution in [2.75, 3.05) is 13.7 Å². The molecule has 72 valence electrons. The Morgan fingerprint density at radius 1 is 1.31 bits per heavy atom. The van der Waals surface area contributed by atoms with Crippen LogP contribution in [0.25, 0.3) is 0 Å². The van der Waals surface area contributed by atoms with E-state index in [0.29, 0.717) is 6.61 Å². The Kier molecular flexibility index (Phi) is 3.46.